The Kier molecular flexibility index (Phi) is 7.13. The molecular formula is C14H22N4O2. The third-order valence-corrected chi connectivity index (χ3v) is 2.71. The molecule has 1 aromatic carbocycles. The first-order valence-electron chi connectivity index (χ1n) is 6.51. The number of nitrogens with two attached hydrogens (primary N) is 1. The van der Waals surface area contributed by atoms with Crippen LogP contribution >= 0.6 is 0 Å². The van der Waals surface area contributed by atoms with Crippen molar-refractivity contribution in [3.05, 3.63) is 35.4 Å². The summed E-state index contributed by atoms with van der Waals surface area (Å²) in [6, 6.07) is 7.51. The third kappa shape index (κ3) is 5.71. The normalized spacial score (nSPS) is 11.2. The quantitative estimate of drug-likeness (QED) is 0.376. The van der Waals surface area contributed by atoms with Crippen molar-refractivity contribution in [2.24, 2.45) is 10.7 Å². The molecule has 0 unspecified atom stereocenters. The van der Waals surface area contributed by atoms with Crippen LogP contribution < -0.4 is 16.4 Å². The third-order valence-electron chi connectivity index (χ3n) is 2.71. The number of nitrogens with one attached hydrogen (secondary N) is 2. The SMILES string of the molecule is CNC(=O)c1cccc(CCNC(N)=NCCOC)c1. The Hall–Kier alpha value is -2.08. The van der Waals surface area contributed by atoms with Crippen LogP contribution in [-0.4, -0.2) is 45.7 Å². The molecule has 1 rings (SSSR count). The molecule has 0 atom stereocenters. The van der Waals surface area contributed by atoms with Gasteiger partial charge in [-0.1, -0.05) is 12.1 Å². The molecule has 0 radical (unpaired) electrons. The van der Waals surface area contributed by atoms with Gasteiger partial charge in [0.25, 0.3) is 5.91 Å². The van der Waals surface area contributed by atoms with Gasteiger partial charge in [-0.15, -0.1) is 0 Å². The molecule has 0 aromatic heterocycles. The monoisotopic (exact) mass is 278 g/mol. The van der Waals surface area contributed by atoms with Crippen LogP contribution in [0.1, 0.15) is 15.9 Å². The van der Waals surface area contributed by atoms with E-state index in [1.54, 1.807) is 20.2 Å². The summed E-state index contributed by atoms with van der Waals surface area (Å²) in [7, 11) is 3.24. The van der Waals surface area contributed by atoms with Crippen molar-refractivity contribution in [2.75, 3.05) is 33.9 Å². The number of guanidine groups is 1. The van der Waals surface area contributed by atoms with E-state index in [4.69, 9.17) is 10.5 Å². The average molecular weight is 278 g/mol. The highest BCUT2D eigenvalue weighted by Gasteiger charge is 2.03. The average Bonchev–Trinajstić information content (AvgIpc) is 2.47. The number of methoxy groups -OCH3 is 1. The minimum atomic E-state index is -0.0829. The summed E-state index contributed by atoms with van der Waals surface area (Å²) in [5, 5.41) is 5.63. The van der Waals surface area contributed by atoms with E-state index in [0.717, 1.165) is 12.0 Å². The van der Waals surface area contributed by atoms with E-state index in [9.17, 15) is 4.79 Å². The summed E-state index contributed by atoms with van der Waals surface area (Å²) in [5.74, 6) is 0.324. The van der Waals surface area contributed by atoms with E-state index in [2.05, 4.69) is 15.6 Å². The van der Waals surface area contributed by atoms with E-state index < -0.39 is 0 Å². The summed E-state index contributed by atoms with van der Waals surface area (Å²) in [5.41, 5.74) is 7.43. The van der Waals surface area contributed by atoms with Crippen LogP contribution in [0.3, 0.4) is 0 Å². The number of amides is 1. The van der Waals surface area contributed by atoms with Crippen LogP contribution in [0.2, 0.25) is 0 Å². The predicted molar refractivity (Wildman–Crippen MR) is 79.9 cm³/mol. The number of hydrogen-bond acceptors (Lipinski definition) is 3. The van der Waals surface area contributed by atoms with Crippen molar-refractivity contribution in [3.63, 3.8) is 0 Å². The molecule has 0 saturated carbocycles. The summed E-state index contributed by atoms with van der Waals surface area (Å²) in [6.07, 6.45) is 0.769. The Morgan fingerprint density at radius 3 is 2.95 bits per heavy atom. The van der Waals surface area contributed by atoms with Gasteiger partial charge >= 0.3 is 0 Å². The Labute approximate surface area is 119 Å². The van der Waals surface area contributed by atoms with Crippen LogP contribution in [-0.2, 0) is 11.2 Å². The summed E-state index contributed by atoms with van der Waals surface area (Å²) < 4.78 is 4.88. The molecule has 20 heavy (non-hydrogen) atoms. The van der Waals surface area contributed by atoms with Crippen molar-refractivity contribution in [1.82, 2.24) is 10.6 Å². The smallest absolute Gasteiger partial charge is 0.251 e. The number of ether oxygens (including phenoxy) is 1. The summed E-state index contributed by atoms with van der Waals surface area (Å²) in [4.78, 5) is 15.6. The fraction of sp³-hybridized carbons (Fsp3) is 0.429. The Bertz CT molecular complexity index is 460. The predicted octanol–water partition coefficient (Wildman–Crippen LogP) is 0.139. The molecule has 1 aromatic rings. The zero-order valence-corrected chi connectivity index (χ0v) is 12.0. The van der Waals surface area contributed by atoms with E-state index in [-0.39, 0.29) is 5.91 Å². The minimum Gasteiger partial charge on any atom is -0.383 e. The fourth-order valence-electron chi connectivity index (χ4n) is 1.66. The molecule has 0 spiro atoms. The maximum Gasteiger partial charge on any atom is 0.251 e. The van der Waals surface area contributed by atoms with Crippen molar-refractivity contribution in [2.45, 2.75) is 6.42 Å². The first-order chi connectivity index (χ1) is 9.67. The largest absolute Gasteiger partial charge is 0.383 e. The van der Waals surface area contributed by atoms with E-state index >= 15 is 0 Å². The van der Waals surface area contributed by atoms with Gasteiger partial charge in [0.15, 0.2) is 5.96 Å². The lowest BCUT2D eigenvalue weighted by atomic mass is 10.1. The lowest BCUT2D eigenvalue weighted by Crippen LogP contribution is -2.33. The van der Waals surface area contributed by atoms with Crippen molar-refractivity contribution in [3.8, 4) is 0 Å². The number of rotatable bonds is 7. The molecule has 4 N–H and O–H groups in total. The maximum absolute atomic E-state index is 11.5. The van der Waals surface area contributed by atoms with Crippen molar-refractivity contribution in [1.29, 1.82) is 0 Å². The van der Waals surface area contributed by atoms with Crippen LogP contribution in [0, 0.1) is 0 Å². The number of carbonyl (C=O) groups excluding carboxylic acids is 1. The van der Waals surface area contributed by atoms with Gasteiger partial charge in [-0.25, -0.2) is 0 Å². The van der Waals surface area contributed by atoms with Crippen molar-refractivity contribution < 1.29 is 9.53 Å². The first kappa shape index (κ1) is 16.0. The molecule has 0 aliphatic rings. The molecular weight excluding hydrogens is 256 g/mol. The lowest BCUT2D eigenvalue weighted by Gasteiger charge is -2.07. The first-order valence-corrected chi connectivity index (χ1v) is 6.51. The van der Waals surface area contributed by atoms with Gasteiger partial charge in [-0.3, -0.25) is 9.79 Å². The molecule has 0 saturated heterocycles. The molecule has 0 bridgehead atoms. The Morgan fingerprint density at radius 2 is 2.25 bits per heavy atom. The van der Waals surface area contributed by atoms with E-state index in [1.165, 1.54) is 0 Å². The van der Waals surface area contributed by atoms with Crippen LogP contribution in [0.15, 0.2) is 29.3 Å². The topological polar surface area (TPSA) is 88.7 Å². The molecule has 1 amide bonds. The Morgan fingerprint density at radius 1 is 1.45 bits per heavy atom. The molecule has 0 heterocycles. The van der Waals surface area contributed by atoms with Gasteiger partial charge in [-0.05, 0) is 24.1 Å². The second kappa shape index (κ2) is 8.92. The van der Waals surface area contributed by atoms with Gasteiger partial charge in [0, 0.05) is 26.3 Å². The number of nitrogens with zero attached hydrogens (tertiary/aromatic N) is 1. The summed E-state index contributed by atoms with van der Waals surface area (Å²) in [6.45, 7) is 1.76. The maximum atomic E-state index is 11.5. The number of hydrogen-bond donors (Lipinski definition) is 3. The molecule has 6 heteroatoms. The van der Waals surface area contributed by atoms with E-state index in [1.807, 2.05) is 18.2 Å². The van der Waals surface area contributed by atoms with Crippen LogP contribution in [0.4, 0.5) is 0 Å². The lowest BCUT2D eigenvalue weighted by molar-refractivity contribution is 0.0963. The molecule has 6 nitrogen and oxygen atoms in total. The van der Waals surface area contributed by atoms with Crippen molar-refractivity contribution >= 4 is 11.9 Å². The number of aliphatic imine (C=N–C) groups is 1. The highest BCUT2D eigenvalue weighted by atomic mass is 16.5. The van der Waals surface area contributed by atoms with Gasteiger partial charge in [0.1, 0.15) is 0 Å². The Balaban J connectivity index is 2.42. The van der Waals surface area contributed by atoms with Gasteiger partial charge < -0.3 is 21.1 Å². The zero-order valence-electron chi connectivity index (χ0n) is 12.0. The van der Waals surface area contributed by atoms with E-state index in [0.29, 0.717) is 31.2 Å². The fourth-order valence-corrected chi connectivity index (χ4v) is 1.66. The molecule has 110 valence electrons. The van der Waals surface area contributed by atoms with Gasteiger partial charge in [-0.2, -0.15) is 0 Å². The number of carbonyl (C=O) groups is 1. The summed E-state index contributed by atoms with van der Waals surface area (Å²) >= 11 is 0. The zero-order chi connectivity index (χ0) is 14.8. The van der Waals surface area contributed by atoms with Crippen LogP contribution in [0.25, 0.3) is 0 Å². The molecule has 0 fully saturated rings. The standard InChI is InChI=1S/C14H22N4O2/c1-16-13(19)12-5-3-4-11(10-12)6-7-17-14(15)18-8-9-20-2/h3-5,10H,6-9H2,1-2H3,(H,16,19)(H3,15,17,18). The molecule has 0 aliphatic heterocycles. The second-order valence-electron chi connectivity index (χ2n) is 4.22. The minimum absolute atomic E-state index is 0.0829. The molecule has 0 aliphatic carbocycles. The van der Waals surface area contributed by atoms with Crippen LogP contribution in [0.5, 0.6) is 0 Å². The number of benzene rings is 1. The van der Waals surface area contributed by atoms with Gasteiger partial charge in [0.05, 0.1) is 13.2 Å². The van der Waals surface area contributed by atoms with Gasteiger partial charge in [0.2, 0.25) is 0 Å². The highest BCUT2D eigenvalue weighted by Crippen LogP contribution is 2.05. The highest BCUT2D eigenvalue weighted by molar-refractivity contribution is 5.94. The second-order valence-corrected chi connectivity index (χ2v) is 4.22.